The van der Waals surface area contributed by atoms with Crippen molar-refractivity contribution in [2.75, 3.05) is 25.7 Å². The average Bonchev–Trinajstić information content (AvgIpc) is 2.89. The van der Waals surface area contributed by atoms with E-state index in [2.05, 4.69) is 14.7 Å². The van der Waals surface area contributed by atoms with Crippen LogP contribution in [0.15, 0.2) is 48.8 Å². The van der Waals surface area contributed by atoms with Gasteiger partial charge in [0.1, 0.15) is 11.5 Å². The zero-order valence-corrected chi connectivity index (χ0v) is 21.0. The lowest BCUT2D eigenvalue weighted by Crippen LogP contribution is -2.47. The van der Waals surface area contributed by atoms with Crippen molar-refractivity contribution in [2.45, 2.75) is 24.6 Å². The number of likely N-dealkylation sites (N-methyl/N-ethyl adjacent to an activating group) is 1. The van der Waals surface area contributed by atoms with Gasteiger partial charge in [-0.05, 0) is 35.4 Å². The summed E-state index contributed by atoms with van der Waals surface area (Å²) in [6, 6.07) is 7.22. The number of ether oxygens (including phenoxy) is 3. The topological polar surface area (TPSA) is 111 Å². The Balaban J connectivity index is 1.66. The fraction of sp³-hybridized carbons (Fsp3) is 0.280. The molecule has 0 aliphatic carbocycles. The zero-order chi connectivity index (χ0) is 27.8. The Morgan fingerprint density at radius 2 is 1.87 bits per heavy atom. The Morgan fingerprint density at radius 1 is 1.18 bits per heavy atom. The van der Waals surface area contributed by atoms with E-state index in [9.17, 15) is 27.9 Å². The monoisotopic (exact) mass is 551 g/mol. The van der Waals surface area contributed by atoms with E-state index in [4.69, 9.17) is 21.1 Å². The third-order valence-electron chi connectivity index (χ3n) is 6.24. The molecule has 0 fully saturated rings. The molecule has 1 N–H and O–H groups in total. The van der Waals surface area contributed by atoms with Gasteiger partial charge in [0, 0.05) is 30.4 Å². The number of alkyl halides is 3. The van der Waals surface area contributed by atoms with Gasteiger partial charge in [-0.2, -0.15) is 13.2 Å². The van der Waals surface area contributed by atoms with Crippen LogP contribution in [0.1, 0.15) is 34.3 Å². The molecule has 3 aromatic rings. The van der Waals surface area contributed by atoms with Gasteiger partial charge in [0.2, 0.25) is 0 Å². The Kier molecular flexibility index (Phi) is 7.22. The normalized spacial score (nSPS) is 15.7. The largest absolute Gasteiger partial charge is 0.482 e. The predicted molar refractivity (Wildman–Crippen MR) is 129 cm³/mol. The highest BCUT2D eigenvalue weighted by Crippen LogP contribution is 2.51. The molecule has 2 heterocycles. The summed E-state index contributed by atoms with van der Waals surface area (Å²) in [5.41, 5.74) is -3.68. The zero-order valence-electron chi connectivity index (χ0n) is 20.2. The van der Waals surface area contributed by atoms with Crippen molar-refractivity contribution in [2.24, 2.45) is 0 Å². The number of nitrogens with zero attached hydrogens (tertiary/aromatic N) is 3. The van der Waals surface area contributed by atoms with E-state index in [0.717, 1.165) is 12.1 Å². The van der Waals surface area contributed by atoms with Crippen molar-refractivity contribution in [1.82, 2.24) is 9.97 Å². The third kappa shape index (κ3) is 4.84. The van der Waals surface area contributed by atoms with Crippen LogP contribution in [0.5, 0.6) is 17.5 Å². The number of aliphatic hydroxyl groups is 1. The standard InChI is InChI=1S/C25H21ClF3N3O6/c1-13(17-6-5-16(9-18(17)26)38-23-30-10-14(11-31-23)22(34)36-3)24(35,25(27,28)29)15-4-7-20-19(8-15)32(2)21(33)12-37-20/h4-11,13,35H,12H2,1-3H3/t13-,24-/m1/s1. The van der Waals surface area contributed by atoms with Crippen molar-refractivity contribution in [3.8, 4) is 17.5 Å². The van der Waals surface area contributed by atoms with Gasteiger partial charge in [0.25, 0.3) is 5.91 Å². The molecule has 0 radical (unpaired) electrons. The Bertz CT molecular complexity index is 1390. The molecule has 1 amide bonds. The van der Waals surface area contributed by atoms with Crippen LogP contribution in [0.3, 0.4) is 0 Å². The molecule has 0 saturated heterocycles. The van der Waals surface area contributed by atoms with Gasteiger partial charge in [0.15, 0.2) is 12.2 Å². The van der Waals surface area contributed by atoms with Gasteiger partial charge in [-0.25, -0.2) is 14.8 Å². The Morgan fingerprint density at radius 3 is 2.47 bits per heavy atom. The number of esters is 1. The van der Waals surface area contributed by atoms with Crippen LogP contribution in [-0.2, 0) is 15.1 Å². The van der Waals surface area contributed by atoms with Crippen LogP contribution >= 0.6 is 11.6 Å². The molecule has 0 saturated carbocycles. The first-order valence-corrected chi connectivity index (χ1v) is 11.4. The highest BCUT2D eigenvalue weighted by atomic mass is 35.5. The van der Waals surface area contributed by atoms with E-state index in [1.807, 2.05) is 0 Å². The van der Waals surface area contributed by atoms with Crippen LogP contribution in [-0.4, -0.2) is 53.9 Å². The van der Waals surface area contributed by atoms with E-state index in [1.54, 1.807) is 0 Å². The molecule has 38 heavy (non-hydrogen) atoms. The lowest BCUT2D eigenvalue weighted by atomic mass is 9.77. The molecule has 200 valence electrons. The van der Waals surface area contributed by atoms with Gasteiger partial charge >= 0.3 is 18.2 Å². The van der Waals surface area contributed by atoms with Crippen molar-refractivity contribution in [1.29, 1.82) is 0 Å². The van der Waals surface area contributed by atoms with Crippen LogP contribution in [0.2, 0.25) is 5.02 Å². The van der Waals surface area contributed by atoms with E-state index in [1.165, 1.54) is 62.6 Å². The molecule has 1 aliphatic heterocycles. The molecule has 0 spiro atoms. The number of benzene rings is 2. The SMILES string of the molecule is COC(=O)c1cnc(Oc2ccc([C@@H](C)[C@@](O)(c3ccc4c(c3)N(C)C(=O)CO4)C(F)(F)F)c(Cl)c2)nc1. The molecule has 2 atom stereocenters. The van der Waals surface area contributed by atoms with Gasteiger partial charge in [0.05, 0.1) is 18.4 Å². The minimum Gasteiger partial charge on any atom is -0.482 e. The summed E-state index contributed by atoms with van der Waals surface area (Å²) in [5, 5.41) is 11.1. The summed E-state index contributed by atoms with van der Waals surface area (Å²) in [6.45, 7) is 0.946. The Hall–Kier alpha value is -3.90. The van der Waals surface area contributed by atoms with Crippen LogP contribution in [0.25, 0.3) is 0 Å². The minimum atomic E-state index is -5.12. The van der Waals surface area contributed by atoms with Gasteiger partial charge < -0.3 is 24.2 Å². The summed E-state index contributed by atoms with van der Waals surface area (Å²) < 4.78 is 58.7. The van der Waals surface area contributed by atoms with E-state index >= 15 is 0 Å². The molecule has 13 heteroatoms. The highest BCUT2D eigenvalue weighted by molar-refractivity contribution is 6.31. The second-order valence-corrected chi connectivity index (χ2v) is 8.85. The number of rotatable bonds is 6. The lowest BCUT2D eigenvalue weighted by Gasteiger charge is -2.38. The maximum atomic E-state index is 14.5. The molecule has 9 nitrogen and oxygen atoms in total. The second kappa shape index (κ2) is 10.1. The number of halogens is 4. The number of hydrogen-bond acceptors (Lipinski definition) is 8. The van der Waals surface area contributed by atoms with E-state index in [0.29, 0.717) is 0 Å². The number of amides is 1. The summed E-state index contributed by atoms with van der Waals surface area (Å²) >= 11 is 6.34. The predicted octanol–water partition coefficient (Wildman–Crippen LogP) is 4.62. The summed E-state index contributed by atoms with van der Waals surface area (Å²) in [6.07, 6.45) is -2.75. The quantitative estimate of drug-likeness (QED) is 0.442. The Labute approximate surface area is 219 Å². The average molecular weight is 552 g/mol. The van der Waals surface area contributed by atoms with Gasteiger partial charge in [-0.15, -0.1) is 0 Å². The minimum absolute atomic E-state index is 0.0146. The number of methoxy groups -OCH3 is 1. The fourth-order valence-corrected chi connectivity index (χ4v) is 4.35. The molecule has 0 unspecified atom stereocenters. The van der Waals surface area contributed by atoms with E-state index < -0.39 is 35.1 Å². The number of carbonyl (C=O) groups is 2. The number of hydrogen-bond donors (Lipinski definition) is 1. The number of anilines is 1. The summed E-state index contributed by atoms with van der Waals surface area (Å²) in [5.74, 6) is -2.34. The van der Waals surface area contributed by atoms with Crippen LogP contribution < -0.4 is 14.4 Å². The molecular weight excluding hydrogens is 531 g/mol. The fourth-order valence-electron chi connectivity index (χ4n) is 4.01. The maximum absolute atomic E-state index is 14.5. The van der Waals surface area contributed by atoms with Crippen molar-refractivity contribution >= 4 is 29.2 Å². The molecule has 4 rings (SSSR count). The third-order valence-corrected chi connectivity index (χ3v) is 6.57. The first-order chi connectivity index (χ1) is 17.9. The van der Waals surface area contributed by atoms with Crippen LogP contribution in [0, 0.1) is 0 Å². The number of aromatic nitrogens is 2. The molecule has 1 aromatic heterocycles. The summed E-state index contributed by atoms with van der Waals surface area (Å²) in [4.78, 5) is 32.4. The lowest BCUT2D eigenvalue weighted by molar-refractivity contribution is -0.274. The smallest absolute Gasteiger partial charge is 0.422 e. The van der Waals surface area contributed by atoms with E-state index in [-0.39, 0.29) is 46.0 Å². The van der Waals surface area contributed by atoms with Crippen molar-refractivity contribution in [3.05, 3.63) is 70.5 Å². The molecule has 2 aromatic carbocycles. The molecule has 0 bridgehead atoms. The van der Waals surface area contributed by atoms with Crippen molar-refractivity contribution in [3.63, 3.8) is 0 Å². The first-order valence-electron chi connectivity index (χ1n) is 11.1. The molecular formula is C25H21ClF3N3O6. The molecule has 1 aliphatic rings. The van der Waals surface area contributed by atoms with Crippen molar-refractivity contribution < 1.29 is 42.1 Å². The highest BCUT2D eigenvalue weighted by Gasteiger charge is 2.59. The summed E-state index contributed by atoms with van der Waals surface area (Å²) in [7, 11) is 2.61. The second-order valence-electron chi connectivity index (χ2n) is 8.44. The first kappa shape index (κ1) is 27.1. The van der Waals surface area contributed by atoms with Gasteiger partial charge in [-0.3, -0.25) is 4.79 Å². The van der Waals surface area contributed by atoms with Crippen LogP contribution in [0.4, 0.5) is 18.9 Å². The number of fused-ring (bicyclic) bond motifs is 1. The van der Waals surface area contributed by atoms with Gasteiger partial charge in [-0.1, -0.05) is 30.7 Å². The maximum Gasteiger partial charge on any atom is 0.422 e. The number of carbonyl (C=O) groups excluding carboxylic acids is 2.